The quantitative estimate of drug-likeness (QED) is 0.331. The molecule has 0 fully saturated rings. The fraction of sp³-hybridized carbons (Fsp3) is 0.857. The first-order valence-electron chi connectivity index (χ1n) is 3.71. The molecule has 0 unspecified atom stereocenters. The topological polar surface area (TPSA) is 44.8 Å². The summed E-state index contributed by atoms with van der Waals surface area (Å²) in [5.74, 6) is -0.389. The van der Waals surface area contributed by atoms with E-state index in [2.05, 4.69) is 9.78 Å². The molecule has 0 aliphatic carbocycles. The number of ether oxygens (including phenoxy) is 1. The molecule has 4 heteroatoms. The van der Waals surface area contributed by atoms with E-state index in [9.17, 15) is 4.79 Å². The third-order valence-corrected chi connectivity index (χ3v) is 0.924. The van der Waals surface area contributed by atoms with Crippen molar-refractivity contribution in [1.29, 1.82) is 0 Å². The molecule has 0 rings (SSSR count). The van der Waals surface area contributed by atoms with Gasteiger partial charge in [0.15, 0.2) is 0 Å². The van der Waals surface area contributed by atoms with Crippen molar-refractivity contribution in [3.8, 4) is 0 Å². The Kier molecular flexibility index (Phi) is 7.08. The molecule has 0 saturated carbocycles. The van der Waals surface area contributed by atoms with Crippen LogP contribution in [-0.4, -0.2) is 25.8 Å². The summed E-state index contributed by atoms with van der Waals surface area (Å²) in [6.45, 7) is 4.99. The third kappa shape index (κ3) is 7.29. The van der Waals surface area contributed by atoms with Crippen molar-refractivity contribution in [2.24, 2.45) is 0 Å². The largest absolute Gasteiger partial charge is 0.381 e. The summed E-state index contributed by atoms with van der Waals surface area (Å²) in [5.41, 5.74) is 0. The molecule has 0 atom stereocenters. The normalized spacial score (nSPS) is 9.64. The van der Waals surface area contributed by atoms with Crippen molar-refractivity contribution in [3.63, 3.8) is 0 Å². The molecule has 0 heterocycles. The van der Waals surface area contributed by atoms with E-state index in [1.54, 1.807) is 6.92 Å². The lowest BCUT2D eigenvalue weighted by molar-refractivity contribution is -0.270. The first kappa shape index (κ1) is 10.4. The van der Waals surface area contributed by atoms with Crippen LogP contribution in [0.1, 0.15) is 20.3 Å². The first-order chi connectivity index (χ1) is 5.31. The molecular formula is C7H14O4. The molecule has 0 aliphatic rings. The lowest BCUT2D eigenvalue weighted by Crippen LogP contribution is -2.08. The second-order valence-corrected chi connectivity index (χ2v) is 1.81. The molecule has 0 N–H and O–H groups in total. The minimum atomic E-state index is -0.389. The Morgan fingerprint density at radius 2 is 2.00 bits per heavy atom. The highest BCUT2D eigenvalue weighted by molar-refractivity contribution is 5.68. The summed E-state index contributed by atoms with van der Waals surface area (Å²) >= 11 is 0. The Morgan fingerprint density at radius 3 is 2.55 bits per heavy atom. The number of carbonyl (C=O) groups is 1. The van der Waals surface area contributed by atoms with E-state index in [0.29, 0.717) is 19.8 Å². The fourth-order valence-corrected chi connectivity index (χ4v) is 0.466. The molecule has 0 saturated heterocycles. The van der Waals surface area contributed by atoms with Crippen LogP contribution in [0, 0.1) is 0 Å². The number of hydrogen-bond acceptors (Lipinski definition) is 4. The Bertz CT molecular complexity index is 103. The third-order valence-electron chi connectivity index (χ3n) is 0.924. The van der Waals surface area contributed by atoms with Crippen molar-refractivity contribution in [2.75, 3.05) is 19.8 Å². The van der Waals surface area contributed by atoms with E-state index in [4.69, 9.17) is 4.74 Å². The smallest absolute Gasteiger partial charge is 0.344 e. The summed E-state index contributed by atoms with van der Waals surface area (Å²) in [6, 6.07) is 0. The van der Waals surface area contributed by atoms with Gasteiger partial charge in [0.2, 0.25) is 0 Å². The number of rotatable bonds is 6. The SMILES string of the molecule is CCOCCC(=O)OOCC. The van der Waals surface area contributed by atoms with Gasteiger partial charge in [-0.2, -0.15) is 4.89 Å². The van der Waals surface area contributed by atoms with E-state index < -0.39 is 0 Å². The molecule has 0 bridgehead atoms. The summed E-state index contributed by atoms with van der Waals surface area (Å²) in [7, 11) is 0. The Morgan fingerprint density at radius 1 is 1.27 bits per heavy atom. The molecule has 4 nitrogen and oxygen atoms in total. The molecule has 0 spiro atoms. The van der Waals surface area contributed by atoms with E-state index >= 15 is 0 Å². The van der Waals surface area contributed by atoms with Crippen LogP contribution in [0.3, 0.4) is 0 Å². The van der Waals surface area contributed by atoms with Crippen LogP contribution in [0.5, 0.6) is 0 Å². The molecule has 0 radical (unpaired) electrons. The van der Waals surface area contributed by atoms with E-state index in [1.807, 2.05) is 6.92 Å². The second-order valence-electron chi connectivity index (χ2n) is 1.81. The van der Waals surface area contributed by atoms with Gasteiger partial charge in [0.05, 0.1) is 19.6 Å². The highest BCUT2D eigenvalue weighted by atomic mass is 17.2. The fourth-order valence-electron chi connectivity index (χ4n) is 0.466. The monoisotopic (exact) mass is 162 g/mol. The van der Waals surface area contributed by atoms with Gasteiger partial charge in [0.1, 0.15) is 0 Å². The highest BCUT2D eigenvalue weighted by Gasteiger charge is 2.01. The Hall–Kier alpha value is -0.610. The minimum Gasteiger partial charge on any atom is -0.381 e. The lowest BCUT2D eigenvalue weighted by Gasteiger charge is -2.00. The van der Waals surface area contributed by atoms with Crippen molar-refractivity contribution in [2.45, 2.75) is 20.3 Å². The summed E-state index contributed by atoms with van der Waals surface area (Å²) in [4.78, 5) is 19.4. The zero-order valence-corrected chi connectivity index (χ0v) is 6.96. The average molecular weight is 162 g/mol. The van der Waals surface area contributed by atoms with Crippen molar-refractivity contribution in [1.82, 2.24) is 0 Å². The summed E-state index contributed by atoms with van der Waals surface area (Å²) < 4.78 is 4.93. The molecule has 0 aromatic carbocycles. The Labute approximate surface area is 66.4 Å². The van der Waals surface area contributed by atoms with Crippen molar-refractivity contribution < 1.29 is 19.3 Å². The molecule has 66 valence electrons. The van der Waals surface area contributed by atoms with Crippen molar-refractivity contribution >= 4 is 5.97 Å². The van der Waals surface area contributed by atoms with Crippen LogP contribution in [0.2, 0.25) is 0 Å². The lowest BCUT2D eigenvalue weighted by atomic mass is 10.5. The zero-order valence-electron chi connectivity index (χ0n) is 6.96. The van der Waals surface area contributed by atoms with Gasteiger partial charge in [-0.1, -0.05) is 0 Å². The van der Waals surface area contributed by atoms with E-state index in [1.165, 1.54) is 0 Å². The van der Waals surface area contributed by atoms with Gasteiger partial charge in [0.25, 0.3) is 0 Å². The van der Waals surface area contributed by atoms with Crippen LogP contribution in [0.25, 0.3) is 0 Å². The van der Waals surface area contributed by atoms with E-state index in [0.717, 1.165) is 0 Å². The molecule has 11 heavy (non-hydrogen) atoms. The van der Waals surface area contributed by atoms with Crippen LogP contribution in [0.4, 0.5) is 0 Å². The van der Waals surface area contributed by atoms with Crippen LogP contribution in [-0.2, 0) is 19.3 Å². The van der Waals surface area contributed by atoms with Gasteiger partial charge in [0, 0.05) is 6.61 Å². The van der Waals surface area contributed by atoms with Crippen LogP contribution < -0.4 is 0 Å². The van der Waals surface area contributed by atoms with Crippen LogP contribution >= 0.6 is 0 Å². The maximum Gasteiger partial charge on any atom is 0.344 e. The molecule has 0 aromatic rings. The first-order valence-corrected chi connectivity index (χ1v) is 3.71. The van der Waals surface area contributed by atoms with Gasteiger partial charge in [-0.25, -0.2) is 4.79 Å². The average Bonchev–Trinajstić information content (AvgIpc) is 2.01. The van der Waals surface area contributed by atoms with Gasteiger partial charge in [-0.05, 0) is 13.8 Å². The molecule has 0 amide bonds. The predicted octanol–water partition coefficient (Wildman–Crippen LogP) is 0.908. The summed E-state index contributed by atoms with van der Waals surface area (Å²) in [6.07, 6.45) is 0.244. The maximum absolute atomic E-state index is 10.6. The molecular weight excluding hydrogens is 148 g/mol. The number of carbonyl (C=O) groups excluding carboxylic acids is 1. The standard InChI is InChI=1S/C7H14O4/c1-3-9-6-5-7(8)11-10-4-2/h3-6H2,1-2H3. The molecule has 0 aliphatic heterocycles. The highest BCUT2D eigenvalue weighted by Crippen LogP contribution is 1.88. The van der Waals surface area contributed by atoms with Gasteiger partial charge < -0.3 is 4.74 Å². The van der Waals surface area contributed by atoms with E-state index in [-0.39, 0.29) is 12.4 Å². The molecule has 0 aromatic heterocycles. The second kappa shape index (κ2) is 7.50. The van der Waals surface area contributed by atoms with Gasteiger partial charge in [-0.15, -0.1) is 0 Å². The number of hydrogen-bond donors (Lipinski definition) is 0. The zero-order chi connectivity index (χ0) is 8.53. The maximum atomic E-state index is 10.6. The van der Waals surface area contributed by atoms with Gasteiger partial charge >= 0.3 is 5.97 Å². The van der Waals surface area contributed by atoms with Gasteiger partial charge in [-0.3, -0.25) is 4.89 Å². The Balaban J connectivity index is 3.09. The summed E-state index contributed by atoms with van der Waals surface area (Å²) in [5, 5.41) is 0. The predicted molar refractivity (Wildman–Crippen MR) is 38.8 cm³/mol. The van der Waals surface area contributed by atoms with Crippen LogP contribution in [0.15, 0.2) is 0 Å². The minimum absolute atomic E-state index is 0.244. The van der Waals surface area contributed by atoms with Crippen molar-refractivity contribution in [3.05, 3.63) is 0 Å².